The molecule has 3 amide bonds. The third-order valence-corrected chi connectivity index (χ3v) is 2.81. The Hall–Kier alpha value is -2.76. The molecule has 2 N–H and O–H groups in total. The van der Waals surface area contributed by atoms with Crippen LogP contribution in [0.5, 0.6) is 0 Å². The third-order valence-electron chi connectivity index (χ3n) is 2.81. The second-order valence-electron chi connectivity index (χ2n) is 4.04. The van der Waals surface area contributed by atoms with Gasteiger partial charge >= 0.3 is 6.03 Å². The zero-order chi connectivity index (χ0) is 22.0. The van der Waals surface area contributed by atoms with E-state index in [-0.39, 0.29) is 0 Å². The Labute approximate surface area is 130 Å². The first-order valence-electron chi connectivity index (χ1n) is 9.54. The number of hydrogen-bond acceptors (Lipinski definition) is 2. The second-order valence-corrected chi connectivity index (χ2v) is 4.04. The van der Waals surface area contributed by atoms with Crippen molar-refractivity contribution in [3.63, 3.8) is 0 Å². The Bertz CT molecular complexity index is 997. The van der Waals surface area contributed by atoms with Gasteiger partial charge in [0.2, 0.25) is 0 Å². The van der Waals surface area contributed by atoms with Crippen molar-refractivity contribution in [2.24, 2.45) is 0 Å². The van der Waals surface area contributed by atoms with Crippen molar-refractivity contribution in [3.05, 3.63) is 71.1 Å². The average Bonchev–Trinajstić information content (AvgIpc) is 2.96. The normalized spacial score (nSPS) is 21.8. The average molecular weight is 296 g/mol. The molecule has 0 bridgehead atoms. The summed E-state index contributed by atoms with van der Waals surface area (Å²) in [6.07, 6.45) is 0. The number of nitrogens with one attached hydrogen (secondary N) is 2. The quantitative estimate of drug-likeness (QED) is 0.833. The maximum Gasteiger partial charge on any atom is 0.322 e. The molecule has 1 saturated heterocycles. The van der Waals surface area contributed by atoms with Crippen molar-refractivity contribution in [2.45, 2.75) is 5.54 Å². The predicted octanol–water partition coefficient (Wildman–Crippen LogP) is 2.05. The number of halogens is 2. The smallest absolute Gasteiger partial charge is 0.316 e. The molecule has 21 heavy (non-hydrogen) atoms. The molecule has 0 aliphatic carbocycles. The summed E-state index contributed by atoms with van der Waals surface area (Å²) in [5.74, 6) is -4.44. The molecule has 2 aromatic rings. The van der Waals surface area contributed by atoms with E-state index in [0.717, 1.165) is 0 Å². The number of carbonyl (C=O) groups excluding carboxylic acids is 2. The van der Waals surface area contributed by atoms with Crippen LogP contribution in [0.2, 0.25) is 0 Å². The van der Waals surface area contributed by atoms with Crippen LogP contribution in [0.25, 0.3) is 0 Å². The van der Waals surface area contributed by atoms with E-state index in [1.807, 2.05) is 5.32 Å². The van der Waals surface area contributed by atoms with Gasteiger partial charge in [-0.15, -0.1) is 0 Å². The Balaban J connectivity index is 2.59. The largest absolute Gasteiger partial charge is 0.322 e. The zero-order valence-corrected chi connectivity index (χ0v) is 10.1. The van der Waals surface area contributed by atoms with Crippen molar-refractivity contribution < 1.29 is 29.3 Å². The first-order chi connectivity index (χ1) is 13.4. The minimum absolute atomic E-state index is 0.912. The summed E-state index contributed by atoms with van der Waals surface area (Å²) < 4.78 is 90.5. The van der Waals surface area contributed by atoms with Gasteiger partial charge in [0.1, 0.15) is 11.6 Å². The fourth-order valence-electron chi connectivity index (χ4n) is 1.90. The summed E-state index contributed by atoms with van der Waals surface area (Å²) in [7, 11) is 0. The molecule has 0 saturated carbocycles. The molecule has 0 atom stereocenters. The molecule has 1 fully saturated rings. The molecular weight excluding hydrogens is 278 g/mol. The highest BCUT2D eigenvalue weighted by Crippen LogP contribution is 2.32. The van der Waals surface area contributed by atoms with Crippen LogP contribution in [0.3, 0.4) is 0 Å². The number of carbonyl (C=O) groups is 2. The number of hydrogen-bond donors (Lipinski definition) is 2. The molecular formula is C15H10F2N2O2. The summed E-state index contributed by atoms with van der Waals surface area (Å²) in [4.78, 5) is 24.7. The van der Waals surface area contributed by atoms with E-state index in [9.17, 15) is 18.4 Å². The minimum atomic E-state index is -2.79. The molecule has 0 unspecified atom stereocenters. The van der Waals surface area contributed by atoms with Crippen LogP contribution >= 0.6 is 0 Å². The lowest BCUT2D eigenvalue weighted by Crippen LogP contribution is -2.44. The first kappa shape index (κ1) is 6.80. The molecule has 1 heterocycles. The van der Waals surface area contributed by atoms with E-state index in [0.29, 0.717) is 0 Å². The Morgan fingerprint density at radius 2 is 1.29 bits per heavy atom. The minimum Gasteiger partial charge on any atom is -0.316 e. The van der Waals surface area contributed by atoms with Crippen molar-refractivity contribution in [1.82, 2.24) is 10.6 Å². The van der Waals surface area contributed by atoms with E-state index < -0.39 is 88.6 Å². The van der Waals surface area contributed by atoms with Crippen molar-refractivity contribution in [3.8, 4) is 0 Å². The summed E-state index contributed by atoms with van der Waals surface area (Å²) in [5, 5.41) is 3.77. The maximum absolute atomic E-state index is 14.0. The van der Waals surface area contributed by atoms with Gasteiger partial charge in [0.05, 0.1) is 11.0 Å². The maximum atomic E-state index is 14.0. The van der Waals surface area contributed by atoms with Crippen LogP contribution in [0.4, 0.5) is 13.6 Å². The van der Waals surface area contributed by atoms with Gasteiger partial charge in [-0.1, -0.05) is 24.2 Å². The van der Waals surface area contributed by atoms with E-state index >= 15 is 0 Å². The molecule has 0 aromatic heterocycles. The Morgan fingerprint density at radius 1 is 0.857 bits per heavy atom. The van der Waals surface area contributed by atoms with E-state index in [2.05, 4.69) is 0 Å². The van der Waals surface area contributed by atoms with Gasteiger partial charge in [0, 0.05) is 0 Å². The van der Waals surface area contributed by atoms with Crippen molar-refractivity contribution in [1.29, 1.82) is 0 Å². The van der Waals surface area contributed by atoms with Gasteiger partial charge in [-0.25, -0.2) is 13.6 Å². The Kier molecular flexibility index (Phi) is 1.51. The van der Waals surface area contributed by atoms with Gasteiger partial charge in [0.15, 0.2) is 5.54 Å². The first-order valence-corrected chi connectivity index (χ1v) is 5.54. The highest BCUT2D eigenvalue weighted by Gasteiger charge is 2.49. The molecule has 0 spiro atoms. The molecule has 3 rings (SSSR count). The van der Waals surface area contributed by atoms with Crippen LogP contribution < -0.4 is 10.6 Å². The summed E-state index contributed by atoms with van der Waals surface area (Å²) in [5.41, 5.74) is -4.62. The zero-order valence-electron chi connectivity index (χ0n) is 18.1. The van der Waals surface area contributed by atoms with Gasteiger partial charge in [-0.2, -0.15) is 0 Å². The highest BCUT2D eigenvalue weighted by molar-refractivity contribution is 6.09. The number of imide groups is 1. The van der Waals surface area contributed by atoms with Crippen LogP contribution in [-0.4, -0.2) is 11.9 Å². The molecule has 0 radical (unpaired) electrons. The van der Waals surface area contributed by atoms with Crippen molar-refractivity contribution in [2.75, 3.05) is 0 Å². The molecule has 6 heteroatoms. The number of amides is 3. The molecule has 1 aliphatic heterocycles. The fraction of sp³-hybridized carbons (Fsp3) is 0.0667. The van der Waals surface area contributed by atoms with Gasteiger partial charge in [0.25, 0.3) is 5.91 Å². The number of rotatable bonds is 2. The third kappa shape index (κ3) is 2.05. The standard InChI is InChI=1S/C15H10F2N2O2/c16-11-5-1-9(2-6-11)15(13(20)18-14(21)19-15)10-3-7-12(17)8-4-10/h1-8H,(H2,18,19,20,21)/i1D,2D,3D,4D,5D,6D,7D,8D. The molecule has 2 aromatic carbocycles. The molecule has 4 nitrogen and oxygen atoms in total. The summed E-state index contributed by atoms with van der Waals surface area (Å²) in [6, 6.07) is -10.3. The molecule has 1 aliphatic rings. The van der Waals surface area contributed by atoms with Crippen LogP contribution in [0, 0.1) is 11.6 Å². The molecule has 106 valence electrons. The van der Waals surface area contributed by atoms with Gasteiger partial charge in [-0.3, -0.25) is 10.1 Å². The van der Waals surface area contributed by atoms with E-state index in [1.165, 1.54) is 0 Å². The van der Waals surface area contributed by atoms with E-state index in [1.54, 1.807) is 5.32 Å². The Morgan fingerprint density at radius 3 is 1.62 bits per heavy atom. The second kappa shape index (κ2) is 4.66. The van der Waals surface area contributed by atoms with Crippen molar-refractivity contribution >= 4 is 11.9 Å². The number of urea groups is 1. The summed E-state index contributed by atoms with van der Waals surface area (Å²) >= 11 is 0. The van der Waals surface area contributed by atoms with E-state index in [4.69, 9.17) is 11.0 Å². The lowest BCUT2D eigenvalue weighted by molar-refractivity contribution is -0.122. The fourth-order valence-corrected chi connectivity index (χ4v) is 1.90. The van der Waals surface area contributed by atoms with Crippen LogP contribution in [-0.2, 0) is 10.3 Å². The SMILES string of the molecule is [2H]c1c([2H])c(C2(c3c([2H])c([2H])c(F)c([2H])c3[2H])NC(=O)NC2=O)c([2H])c([2H])c1F. The highest BCUT2D eigenvalue weighted by atomic mass is 19.1. The lowest BCUT2D eigenvalue weighted by atomic mass is 9.83. The lowest BCUT2D eigenvalue weighted by Gasteiger charge is -2.27. The van der Waals surface area contributed by atoms with Crippen LogP contribution in [0.1, 0.15) is 22.1 Å². The number of benzene rings is 2. The van der Waals surface area contributed by atoms with Crippen LogP contribution in [0.15, 0.2) is 48.3 Å². The summed E-state index contributed by atoms with van der Waals surface area (Å²) in [6.45, 7) is 0. The van der Waals surface area contributed by atoms with Gasteiger partial charge < -0.3 is 5.32 Å². The topological polar surface area (TPSA) is 58.2 Å². The van der Waals surface area contributed by atoms with Gasteiger partial charge in [-0.05, 0) is 35.3 Å². The monoisotopic (exact) mass is 296 g/mol. The predicted molar refractivity (Wildman–Crippen MR) is 70.3 cm³/mol.